The summed E-state index contributed by atoms with van der Waals surface area (Å²) in [5.41, 5.74) is 1.18. The number of nitrogens with zero attached hydrogens (tertiary/aromatic N) is 1. The molecule has 1 aromatic carbocycles. The van der Waals surface area contributed by atoms with E-state index in [0.717, 1.165) is 38.5 Å². The number of halogens is 1. The topological polar surface area (TPSA) is 15.3 Å². The molecule has 0 spiro atoms. The molecule has 1 aromatic rings. The van der Waals surface area contributed by atoms with Crippen molar-refractivity contribution in [2.75, 3.05) is 26.2 Å². The van der Waals surface area contributed by atoms with Crippen molar-refractivity contribution in [2.45, 2.75) is 46.6 Å². The second-order valence-corrected chi connectivity index (χ2v) is 5.86. The van der Waals surface area contributed by atoms with Crippen LogP contribution in [-0.2, 0) is 0 Å². The van der Waals surface area contributed by atoms with Crippen LogP contribution in [0.5, 0.6) is 0 Å². The van der Waals surface area contributed by atoms with Gasteiger partial charge in [0.25, 0.3) is 0 Å². The Morgan fingerprint density at radius 3 is 2.33 bits per heavy atom. The molecule has 0 bridgehead atoms. The largest absolute Gasteiger partial charge is 0.310 e. The summed E-state index contributed by atoms with van der Waals surface area (Å²) >= 11 is 0. The van der Waals surface area contributed by atoms with Crippen LogP contribution >= 0.6 is 0 Å². The van der Waals surface area contributed by atoms with Gasteiger partial charge in [-0.1, -0.05) is 46.2 Å². The second kappa shape index (κ2) is 9.91. The molecule has 0 heterocycles. The Hall–Kier alpha value is -0.930. The maximum atomic E-state index is 13.1. The van der Waals surface area contributed by atoms with Gasteiger partial charge >= 0.3 is 0 Å². The van der Waals surface area contributed by atoms with Crippen molar-refractivity contribution in [2.24, 2.45) is 5.92 Å². The molecule has 120 valence electrons. The van der Waals surface area contributed by atoms with Crippen molar-refractivity contribution in [3.8, 4) is 0 Å². The molecular weight excluding hydrogens is 263 g/mol. The molecule has 0 radical (unpaired) electrons. The molecule has 0 aliphatic carbocycles. The molecule has 2 atom stereocenters. The van der Waals surface area contributed by atoms with Crippen LogP contribution < -0.4 is 5.32 Å². The predicted octanol–water partition coefficient (Wildman–Crippen LogP) is 4.23. The summed E-state index contributed by atoms with van der Waals surface area (Å²) in [6.07, 6.45) is 2.29. The van der Waals surface area contributed by atoms with Gasteiger partial charge in [-0.25, -0.2) is 4.39 Å². The van der Waals surface area contributed by atoms with Crippen LogP contribution in [0.4, 0.5) is 4.39 Å². The van der Waals surface area contributed by atoms with Crippen molar-refractivity contribution >= 4 is 0 Å². The Labute approximate surface area is 129 Å². The van der Waals surface area contributed by atoms with Crippen LogP contribution in [0.25, 0.3) is 0 Å². The first-order valence-corrected chi connectivity index (χ1v) is 8.31. The summed E-state index contributed by atoms with van der Waals surface area (Å²) in [4.78, 5) is 2.52. The lowest BCUT2D eigenvalue weighted by Crippen LogP contribution is -2.32. The summed E-state index contributed by atoms with van der Waals surface area (Å²) in [5.74, 6) is 0.578. The zero-order valence-electron chi connectivity index (χ0n) is 14.0. The summed E-state index contributed by atoms with van der Waals surface area (Å²) < 4.78 is 13.1. The molecule has 0 amide bonds. The molecule has 21 heavy (non-hydrogen) atoms. The van der Waals surface area contributed by atoms with Crippen molar-refractivity contribution in [1.82, 2.24) is 10.2 Å². The van der Waals surface area contributed by atoms with E-state index in [1.54, 1.807) is 12.1 Å². The third-order valence-electron chi connectivity index (χ3n) is 4.17. The molecule has 0 aliphatic heterocycles. The van der Waals surface area contributed by atoms with Gasteiger partial charge in [-0.3, -0.25) is 0 Å². The molecule has 1 N–H and O–H groups in total. The monoisotopic (exact) mass is 294 g/mol. The molecular formula is C18H31FN2. The van der Waals surface area contributed by atoms with Crippen LogP contribution in [0.1, 0.15) is 52.1 Å². The summed E-state index contributed by atoms with van der Waals surface area (Å²) in [7, 11) is 0. The number of rotatable bonds is 10. The van der Waals surface area contributed by atoms with E-state index < -0.39 is 0 Å². The van der Waals surface area contributed by atoms with E-state index in [0.29, 0.717) is 6.04 Å². The fourth-order valence-electron chi connectivity index (χ4n) is 2.59. The number of hydrogen-bond donors (Lipinski definition) is 1. The van der Waals surface area contributed by atoms with E-state index in [9.17, 15) is 4.39 Å². The minimum absolute atomic E-state index is 0.166. The first-order valence-electron chi connectivity index (χ1n) is 8.31. The summed E-state index contributed by atoms with van der Waals surface area (Å²) in [6.45, 7) is 13.2. The first-order chi connectivity index (χ1) is 10.1. The molecule has 3 heteroatoms. The standard InChI is InChI=1S/C18H31FN2/c1-5-15(4)14-21(7-3)13-12-18(20-6-2)16-8-10-17(19)11-9-16/h8-11,15,18,20H,5-7,12-14H2,1-4H3. The van der Waals surface area contributed by atoms with Crippen molar-refractivity contribution in [3.05, 3.63) is 35.6 Å². The van der Waals surface area contributed by atoms with Crippen LogP contribution in [0.3, 0.4) is 0 Å². The lowest BCUT2D eigenvalue weighted by Gasteiger charge is -2.26. The van der Waals surface area contributed by atoms with Crippen LogP contribution in [-0.4, -0.2) is 31.1 Å². The highest BCUT2D eigenvalue weighted by Crippen LogP contribution is 2.18. The van der Waals surface area contributed by atoms with Gasteiger partial charge in [-0.05, 0) is 49.7 Å². The average Bonchev–Trinajstić information content (AvgIpc) is 2.50. The maximum absolute atomic E-state index is 13.1. The van der Waals surface area contributed by atoms with Crippen molar-refractivity contribution < 1.29 is 4.39 Å². The molecule has 1 rings (SSSR count). The Bertz CT molecular complexity index is 377. The first kappa shape index (κ1) is 18.1. The lowest BCUT2D eigenvalue weighted by atomic mass is 10.0. The van der Waals surface area contributed by atoms with Crippen molar-refractivity contribution in [3.63, 3.8) is 0 Å². The molecule has 0 aromatic heterocycles. The fourth-order valence-corrected chi connectivity index (χ4v) is 2.59. The Morgan fingerprint density at radius 1 is 1.14 bits per heavy atom. The van der Waals surface area contributed by atoms with E-state index in [1.807, 2.05) is 12.1 Å². The molecule has 2 unspecified atom stereocenters. The normalized spacial score (nSPS) is 14.4. The van der Waals surface area contributed by atoms with Crippen LogP contribution in [0.2, 0.25) is 0 Å². The lowest BCUT2D eigenvalue weighted by molar-refractivity contribution is 0.233. The highest BCUT2D eigenvalue weighted by molar-refractivity contribution is 5.19. The zero-order chi connectivity index (χ0) is 15.7. The molecule has 0 aliphatic rings. The molecule has 0 saturated heterocycles. The number of nitrogens with one attached hydrogen (secondary N) is 1. The van der Waals surface area contributed by atoms with Gasteiger partial charge in [-0.15, -0.1) is 0 Å². The van der Waals surface area contributed by atoms with Crippen LogP contribution in [0.15, 0.2) is 24.3 Å². The van der Waals surface area contributed by atoms with E-state index in [2.05, 4.69) is 37.9 Å². The second-order valence-electron chi connectivity index (χ2n) is 5.86. The van der Waals surface area contributed by atoms with Crippen molar-refractivity contribution in [1.29, 1.82) is 0 Å². The van der Waals surface area contributed by atoms with Gasteiger partial charge in [0.05, 0.1) is 0 Å². The highest BCUT2D eigenvalue weighted by Gasteiger charge is 2.13. The maximum Gasteiger partial charge on any atom is 0.123 e. The van der Waals surface area contributed by atoms with Gasteiger partial charge in [0, 0.05) is 12.6 Å². The number of hydrogen-bond acceptors (Lipinski definition) is 2. The van der Waals surface area contributed by atoms with Gasteiger partial charge in [-0.2, -0.15) is 0 Å². The van der Waals surface area contributed by atoms with Gasteiger partial charge in [0.1, 0.15) is 5.82 Å². The predicted molar refractivity (Wildman–Crippen MR) is 89.0 cm³/mol. The summed E-state index contributed by atoms with van der Waals surface area (Å²) in [6, 6.07) is 7.20. The average molecular weight is 294 g/mol. The minimum Gasteiger partial charge on any atom is -0.310 e. The van der Waals surface area contributed by atoms with Crippen LogP contribution in [0, 0.1) is 11.7 Å². The van der Waals surface area contributed by atoms with E-state index in [1.165, 1.54) is 12.0 Å². The van der Waals surface area contributed by atoms with Gasteiger partial charge in [0.2, 0.25) is 0 Å². The Morgan fingerprint density at radius 2 is 1.81 bits per heavy atom. The smallest absolute Gasteiger partial charge is 0.123 e. The molecule has 2 nitrogen and oxygen atoms in total. The third-order valence-corrected chi connectivity index (χ3v) is 4.17. The minimum atomic E-state index is -0.166. The van der Waals surface area contributed by atoms with E-state index >= 15 is 0 Å². The quantitative estimate of drug-likeness (QED) is 0.694. The fraction of sp³-hybridized carbons (Fsp3) is 0.667. The SMILES string of the molecule is CCNC(CCN(CC)CC(C)CC)c1ccc(F)cc1. The molecule has 0 fully saturated rings. The van der Waals surface area contributed by atoms with Gasteiger partial charge < -0.3 is 10.2 Å². The van der Waals surface area contributed by atoms with Gasteiger partial charge in [0.15, 0.2) is 0 Å². The molecule has 0 saturated carbocycles. The zero-order valence-corrected chi connectivity index (χ0v) is 14.0. The Kier molecular flexibility index (Phi) is 8.55. The number of benzene rings is 1. The van der Waals surface area contributed by atoms with E-state index in [-0.39, 0.29) is 5.82 Å². The Balaban J connectivity index is 2.59. The third kappa shape index (κ3) is 6.58. The highest BCUT2D eigenvalue weighted by atomic mass is 19.1. The summed E-state index contributed by atoms with van der Waals surface area (Å²) in [5, 5.41) is 3.52. The van der Waals surface area contributed by atoms with E-state index in [4.69, 9.17) is 0 Å².